The first kappa shape index (κ1) is 23.7. The van der Waals surface area contributed by atoms with E-state index in [-0.39, 0.29) is 32.7 Å². The molecule has 17 heavy (non-hydrogen) atoms. The van der Waals surface area contributed by atoms with Gasteiger partial charge in [-0.05, 0) is 21.1 Å². The summed E-state index contributed by atoms with van der Waals surface area (Å²) in [6, 6.07) is 3.61. The fraction of sp³-hybridized carbons (Fsp3) is 0.455. The van der Waals surface area contributed by atoms with E-state index in [0.717, 1.165) is 6.07 Å². The Bertz CT molecular complexity index is 280. The zero-order valence-electron chi connectivity index (χ0n) is 10.6. The van der Waals surface area contributed by atoms with E-state index in [9.17, 15) is 8.78 Å². The molecular weight excluding hydrogens is 527 g/mol. The second-order valence-electron chi connectivity index (χ2n) is 3.54. The zero-order valence-corrected chi connectivity index (χ0v) is 17.8. The molecule has 0 aliphatic rings. The molecule has 0 aliphatic carbocycles. The molecule has 0 N–H and O–H groups in total. The fourth-order valence-electron chi connectivity index (χ4n) is 0.687. The van der Waals surface area contributed by atoms with Gasteiger partial charge in [0.25, 0.3) is 0 Å². The first-order valence-electron chi connectivity index (χ1n) is 4.44. The Hall–Kier alpha value is 1.60. The minimum atomic E-state index is -0.830. The minimum Gasteiger partial charge on any atom is -0.312 e. The van der Waals surface area contributed by atoms with Crippen molar-refractivity contribution in [1.29, 1.82) is 0 Å². The molecule has 0 aromatic heterocycles. The van der Waals surface area contributed by atoms with E-state index in [4.69, 9.17) is 0 Å². The van der Waals surface area contributed by atoms with Crippen LogP contribution in [0.4, 0.5) is 8.78 Å². The SMILES string of the molecule is CN(C)C.Cc1[c-]cc(F)c(F)c1C.II.[Y]. The monoisotopic (exact) mass is 543 g/mol. The number of benzene rings is 1. The quantitative estimate of drug-likeness (QED) is 0.349. The van der Waals surface area contributed by atoms with Gasteiger partial charge in [0.2, 0.25) is 0 Å². The van der Waals surface area contributed by atoms with Gasteiger partial charge >= 0.3 is 0 Å². The van der Waals surface area contributed by atoms with Gasteiger partial charge in [0.15, 0.2) is 0 Å². The van der Waals surface area contributed by atoms with E-state index in [0.29, 0.717) is 11.1 Å². The summed E-state index contributed by atoms with van der Waals surface area (Å²) in [6.07, 6.45) is 0. The van der Waals surface area contributed by atoms with E-state index in [1.54, 1.807) is 6.92 Å². The van der Waals surface area contributed by atoms with Crippen LogP contribution in [0.15, 0.2) is 6.07 Å². The van der Waals surface area contributed by atoms with Crippen molar-refractivity contribution in [2.75, 3.05) is 21.1 Å². The molecule has 0 fully saturated rings. The summed E-state index contributed by atoms with van der Waals surface area (Å²) in [5, 5.41) is 0. The molecule has 0 unspecified atom stereocenters. The summed E-state index contributed by atoms with van der Waals surface area (Å²) >= 11 is 4.24. The van der Waals surface area contributed by atoms with Crippen molar-refractivity contribution < 1.29 is 41.5 Å². The summed E-state index contributed by atoms with van der Waals surface area (Å²) in [7, 11) is 6.00. The number of hydrogen-bond donors (Lipinski definition) is 0. The summed E-state index contributed by atoms with van der Waals surface area (Å²) in [5.74, 6) is -1.60. The van der Waals surface area contributed by atoms with Crippen LogP contribution in [0.25, 0.3) is 0 Å². The Morgan fingerprint density at radius 3 is 1.76 bits per heavy atom. The smallest absolute Gasteiger partial charge is 0.0525 e. The Kier molecular flexibility index (Phi) is 19.5. The van der Waals surface area contributed by atoms with Crippen molar-refractivity contribution in [3.8, 4) is 0 Å². The van der Waals surface area contributed by atoms with Gasteiger partial charge in [0.05, 0.1) is 5.82 Å². The second kappa shape index (κ2) is 14.0. The maximum Gasteiger partial charge on any atom is 0.0525 e. The van der Waals surface area contributed by atoms with Crippen molar-refractivity contribution in [3.05, 3.63) is 34.9 Å². The van der Waals surface area contributed by atoms with Crippen LogP contribution >= 0.6 is 37.2 Å². The topological polar surface area (TPSA) is 3.24 Å². The molecule has 97 valence electrons. The molecule has 1 aromatic carbocycles. The zero-order chi connectivity index (χ0) is 13.3. The van der Waals surface area contributed by atoms with Crippen LogP contribution < -0.4 is 0 Å². The van der Waals surface area contributed by atoms with Crippen LogP contribution in [0.2, 0.25) is 0 Å². The van der Waals surface area contributed by atoms with Gasteiger partial charge in [-0.3, -0.25) is 4.39 Å². The molecule has 1 aromatic rings. The van der Waals surface area contributed by atoms with Gasteiger partial charge in [-0.1, -0.05) is 13.8 Å². The first-order chi connectivity index (χ1) is 7.36. The molecule has 0 atom stereocenters. The third-order valence-electron chi connectivity index (χ3n) is 1.52. The first-order valence-corrected chi connectivity index (χ1v) is 10.7. The van der Waals surface area contributed by atoms with E-state index in [1.165, 1.54) is 6.92 Å². The molecule has 0 spiro atoms. The maximum atomic E-state index is 12.6. The minimum absolute atomic E-state index is 0. The van der Waals surface area contributed by atoms with Crippen molar-refractivity contribution in [1.82, 2.24) is 4.90 Å². The van der Waals surface area contributed by atoms with Crippen LogP contribution in [-0.2, 0) is 32.7 Å². The molecular formula is C11H16F2I2NY-. The molecule has 0 heterocycles. The maximum absolute atomic E-state index is 12.6. The van der Waals surface area contributed by atoms with Gasteiger partial charge in [0, 0.05) is 75.8 Å². The Balaban J connectivity index is -0.000000242. The predicted molar refractivity (Wildman–Crippen MR) is 82.3 cm³/mol. The number of rotatable bonds is 0. The van der Waals surface area contributed by atoms with Gasteiger partial charge in [0.1, 0.15) is 0 Å². The van der Waals surface area contributed by atoms with Gasteiger partial charge in [-0.15, -0.1) is 11.6 Å². The fourth-order valence-corrected chi connectivity index (χ4v) is 0.687. The summed E-state index contributed by atoms with van der Waals surface area (Å²) in [5.41, 5.74) is 0.985. The van der Waals surface area contributed by atoms with Gasteiger partial charge in [-0.25, -0.2) is 4.39 Å². The Morgan fingerprint density at radius 2 is 1.47 bits per heavy atom. The van der Waals surface area contributed by atoms with E-state index in [1.807, 2.05) is 26.0 Å². The summed E-state index contributed by atoms with van der Waals surface area (Å²) in [4.78, 5) is 2.00. The molecule has 0 amide bonds. The largest absolute Gasteiger partial charge is 0.312 e. The van der Waals surface area contributed by atoms with E-state index >= 15 is 0 Å². The molecule has 0 bridgehead atoms. The van der Waals surface area contributed by atoms with Gasteiger partial charge < -0.3 is 4.90 Å². The summed E-state index contributed by atoms with van der Waals surface area (Å²) in [6.45, 7) is 3.22. The van der Waals surface area contributed by atoms with Crippen LogP contribution in [0.1, 0.15) is 11.1 Å². The van der Waals surface area contributed by atoms with E-state index < -0.39 is 11.6 Å². The van der Waals surface area contributed by atoms with Crippen molar-refractivity contribution in [2.24, 2.45) is 0 Å². The van der Waals surface area contributed by atoms with Crippen molar-refractivity contribution >= 4 is 37.2 Å². The van der Waals surface area contributed by atoms with E-state index in [2.05, 4.69) is 43.3 Å². The number of aryl methyl sites for hydroxylation is 1. The van der Waals surface area contributed by atoms with Crippen LogP contribution in [0.3, 0.4) is 0 Å². The molecule has 0 saturated carbocycles. The molecule has 1 radical (unpaired) electrons. The molecule has 0 saturated heterocycles. The van der Waals surface area contributed by atoms with Crippen molar-refractivity contribution in [3.63, 3.8) is 0 Å². The standard InChI is InChI=1S/C8H7F2.C3H9N.I2.Y/c1-5-3-4-7(9)8(10)6(5)2;1-4(2)3;1-2;/h4H,1-2H3;1-3H3;;/q-1;;;. The normalized spacial score (nSPS) is 8.35. The van der Waals surface area contributed by atoms with Crippen LogP contribution in [0, 0.1) is 31.5 Å². The average Bonchev–Trinajstić information content (AvgIpc) is 2.23. The molecule has 1 rings (SSSR count). The van der Waals surface area contributed by atoms with Crippen LogP contribution in [-0.4, -0.2) is 26.0 Å². The Labute approximate surface area is 151 Å². The third kappa shape index (κ3) is 12.4. The molecule has 0 aliphatic heterocycles. The molecule has 1 nitrogen and oxygen atoms in total. The second-order valence-corrected chi connectivity index (χ2v) is 3.54. The number of nitrogens with zero attached hydrogens (tertiary/aromatic N) is 1. The third-order valence-corrected chi connectivity index (χ3v) is 1.52. The number of hydrogen-bond acceptors (Lipinski definition) is 1. The Morgan fingerprint density at radius 1 is 1.12 bits per heavy atom. The van der Waals surface area contributed by atoms with Crippen LogP contribution in [0.5, 0.6) is 0 Å². The summed E-state index contributed by atoms with van der Waals surface area (Å²) < 4.78 is 24.9. The predicted octanol–water partition coefficient (Wildman–Crippen LogP) is 4.33. The molecule has 6 heteroatoms. The average molecular weight is 543 g/mol. The van der Waals surface area contributed by atoms with Gasteiger partial charge in [-0.2, -0.15) is 11.6 Å². The number of halogens is 4. The van der Waals surface area contributed by atoms with Crippen molar-refractivity contribution in [2.45, 2.75) is 13.8 Å².